The van der Waals surface area contributed by atoms with Crippen LogP contribution in [-0.2, 0) is 19.0 Å². The molecule has 0 spiro atoms. The summed E-state index contributed by atoms with van der Waals surface area (Å²) in [5.41, 5.74) is 1.01. The first-order chi connectivity index (χ1) is 17.8. The lowest BCUT2D eigenvalue weighted by Crippen LogP contribution is -2.32. The third kappa shape index (κ3) is 8.91. The number of epoxide rings is 1. The molecular formula is C31H46O6. The Kier molecular flexibility index (Phi) is 10.2. The summed E-state index contributed by atoms with van der Waals surface area (Å²) in [6.07, 6.45) is 17.2. The Morgan fingerprint density at radius 1 is 1.05 bits per heavy atom. The molecule has 4 aliphatic rings. The Bertz CT molecular complexity index is 862. The lowest BCUT2D eigenvalue weighted by Gasteiger charge is -2.28. The van der Waals surface area contributed by atoms with Gasteiger partial charge in [0.2, 0.25) is 0 Å². The van der Waals surface area contributed by atoms with E-state index >= 15 is 0 Å². The molecule has 6 heteroatoms. The van der Waals surface area contributed by atoms with Crippen LogP contribution in [-0.4, -0.2) is 58.9 Å². The van der Waals surface area contributed by atoms with Crippen molar-refractivity contribution in [2.24, 2.45) is 17.8 Å². The number of carbonyl (C=O) groups excluding carboxylic acids is 1. The number of hydrogen-bond acceptors (Lipinski definition) is 6. The van der Waals surface area contributed by atoms with Crippen molar-refractivity contribution in [1.82, 2.24) is 0 Å². The van der Waals surface area contributed by atoms with Crippen molar-refractivity contribution in [3.05, 3.63) is 48.6 Å². The number of cyclic esters (lactones) is 1. The Balaban J connectivity index is 1.44. The number of hydrogen-bond donors (Lipinski definition) is 2. The molecule has 2 bridgehead atoms. The highest BCUT2D eigenvalue weighted by molar-refractivity contribution is 5.82. The average molecular weight is 515 g/mol. The van der Waals surface area contributed by atoms with Gasteiger partial charge < -0.3 is 24.4 Å². The van der Waals surface area contributed by atoms with Crippen LogP contribution in [0.3, 0.4) is 0 Å². The van der Waals surface area contributed by atoms with Crippen molar-refractivity contribution in [3.8, 4) is 0 Å². The van der Waals surface area contributed by atoms with Gasteiger partial charge in [0.1, 0.15) is 18.3 Å². The van der Waals surface area contributed by atoms with Gasteiger partial charge in [0.15, 0.2) is 0 Å². The molecule has 2 fully saturated rings. The van der Waals surface area contributed by atoms with Crippen LogP contribution in [0, 0.1) is 17.8 Å². The standard InChI is InChI=1S/C31H46O6/c1-20-7-4-8-23(16-20)13-14-26(32)28-19-29-31(37-29)27(33)18-22(3)15-21(2)17-25-11-5-9-24(35-25)10-6-12-30(34)36-28/h5-6,9,12-14,20-21,23-29,31-33H,3-4,7-8,10-11,15-19H2,1-2H3/b12-6-,14-13+/t20?,21-,23?,24-,25-,26-,27-,28?,29-,31-/m0/s1. The summed E-state index contributed by atoms with van der Waals surface area (Å²) >= 11 is 0. The molecule has 0 aromatic rings. The summed E-state index contributed by atoms with van der Waals surface area (Å²) in [5, 5.41) is 21.8. The molecule has 37 heavy (non-hydrogen) atoms. The molecule has 206 valence electrons. The number of aliphatic hydroxyl groups excluding tert-OH is 2. The quantitative estimate of drug-likeness (QED) is 0.306. The summed E-state index contributed by atoms with van der Waals surface area (Å²) in [4.78, 5) is 12.7. The maximum Gasteiger partial charge on any atom is 0.330 e. The van der Waals surface area contributed by atoms with Crippen molar-refractivity contribution < 1.29 is 29.2 Å². The fraction of sp³-hybridized carbons (Fsp3) is 0.710. The zero-order chi connectivity index (χ0) is 26.4. The first kappa shape index (κ1) is 28.3. The van der Waals surface area contributed by atoms with Crippen molar-refractivity contribution in [2.75, 3.05) is 0 Å². The Hall–Kier alpha value is -1.73. The van der Waals surface area contributed by atoms with Gasteiger partial charge in [0.25, 0.3) is 0 Å². The normalized spacial score (nSPS) is 41.8. The zero-order valence-corrected chi connectivity index (χ0v) is 22.5. The summed E-state index contributed by atoms with van der Waals surface area (Å²) in [6.45, 7) is 8.68. The van der Waals surface area contributed by atoms with Crippen LogP contribution in [0.5, 0.6) is 0 Å². The fourth-order valence-corrected chi connectivity index (χ4v) is 6.24. The van der Waals surface area contributed by atoms with Crippen molar-refractivity contribution in [2.45, 2.75) is 121 Å². The first-order valence-corrected chi connectivity index (χ1v) is 14.3. The van der Waals surface area contributed by atoms with Crippen LogP contribution in [0.2, 0.25) is 0 Å². The molecule has 1 saturated carbocycles. The minimum Gasteiger partial charge on any atom is -0.456 e. The number of ether oxygens (including phenoxy) is 3. The monoisotopic (exact) mass is 514 g/mol. The van der Waals surface area contributed by atoms with Crippen LogP contribution in [0.25, 0.3) is 0 Å². The second-order valence-electron chi connectivity index (χ2n) is 11.9. The SMILES string of the molecule is C=C1C[C@H](C)C[C@@H]2CC=C[C@@H](C/C=C\C(=O)OC([C@@H](O)/C=C/C3CCCC(C)C3)C[C@@H]3O[C@H]3[C@@H](O)C1)O2. The molecule has 3 unspecified atom stereocenters. The largest absolute Gasteiger partial charge is 0.456 e. The van der Waals surface area contributed by atoms with Crippen molar-refractivity contribution in [3.63, 3.8) is 0 Å². The molecule has 3 heterocycles. The van der Waals surface area contributed by atoms with E-state index in [1.807, 2.05) is 0 Å². The second kappa shape index (κ2) is 13.4. The van der Waals surface area contributed by atoms with Gasteiger partial charge in [-0.15, -0.1) is 0 Å². The number of allylic oxidation sites excluding steroid dienone is 1. The molecule has 1 saturated heterocycles. The molecule has 4 rings (SSSR count). The Morgan fingerprint density at radius 3 is 2.70 bits per heavy atom. The van der Waals surface area contributed by atoms with E-state index in [0.29, 0.717) is 37.0 Å². The first-order valence-electron chi connectivity index (χ1n) is 14.3. The Labute approximate surface area is 222 Å². The summed E-state index contributed by atoms with van der Waals surface area (Å²) in [6, 6.07) is 0. The number of carbonyl (C=O) groups is 1. The summed E-state index contributed by atoms with van der Waals surface area (Å²) in [5.74, 6) is 1.05. The molecule has 3 aliphatic heterocycles. The minimum atomic E-state index is -0.927. The molecule has 0 amide bonds. The molecule has 1 aliphatic carbocycles. The minimum absolute atomic E-state index is 0.0678. The third-order valence-electron chi connectivity index (χ3n) is 8.21. The number of rotatable bonds is 3. The number of esters is 1. The maximum atomic E-state index is 12.7. The zero-order valence-electron chi connectivity index (χ0n) is 22.5. The van der Waals surface area contributed by atoms with Gasteiger partial charge in [-0.3, -0.25) is 0 Å². The van der Waals surface area contributed by atoms with Gasteiger partial charge in [-0.25, -0.2) is 4.79 Å². The molecule has 10 atom stereocenters. The average Bonchev–Trinajstić information content (AvgIpc) is 3.61. The molecule has 2 N–H and O–H groups in total. The van der Waals surface area contributed by atoms with Crippen LogP contribution >= 0.6 is 0 Å². The van der Waals surface area contributed by atoms with Gasteiger partial charge in [-0.2, -0.15) is 0 Å². The van der Waals surface area contributed by atoms with Crippen LogP contribution in [0.4, 0.5) is 0 Å². The predicted octanol–water partition coefficient (Wildman–Crippen LogP) is 5.20. The van der Waals surface area contributed by atoms with Gasteiger partial charge >= 0.3 is 5.97 Å². The summed E-state index contributed by atoms with van der Waals surface area (Å²) in [7, 11) is 0. The van der Waals surface area contributed by atoms with Crippen molar-refractivity contribution >= 4 is 5.97 Å². The number of aliphatic hydroxyl groups is 2. The fourth-order valence-electron chi connectivity index (χ4n) is 6.24. The highest BCUT2D eigenvalue weighted by Gasteiger charge is 2.46. The van der Waals surface area contributed by atoms with Gasteiger partial charge in [0.05, 0.1) is 24.4 Å². The van der Waals surface area contributed by atoms with Crippen molar-refractivity contribution in [1.29, 1.82) is 0 Å². The smallest absolute Gasteiger partial charge is 0.330 e. The van der Waals surface area contributed by atoms with E-state index in [-0.39, 0.29) is 24.4 Å². The molecule has 6 nitrogen and oxygen atoms in total. The highest BCUT2D eigenvalue weighted by atomic mass is 16.6. The van der Waals surface area contributed by atoms with Crippen LogP contribution < -0.4 is 0 Å². The molecule has 0 aromatic heterocycles. The lowest BCUT2D eigenvalue weighted by atomic mass is 9.82. The van der Waals surface area contributed by atoms with E-state index in [2.05, 4.69) is 38.7 Å². The van der Waals surface area contributed by atoms with Gasteiger partial charge in [0, 0.05) is 12.5 Å². The van der Waals surface area contributed by atoms with Crippen LogP contribution in [0.1, 0.15) is 78.1 Å². The van der Waals surface area contributed by atoms with Crippen LogP contribution in [0.15, 0.2) is 48.6 Å². The molecule has 0 aromatic carbocycles. The topological polar surface area (TPSA) is 88.5 Å². The van der Waals surface area contributed by atoms with E-state index in [4.69, 9.17) is 14.2 Å². The number of fused-ring (bicyclic) bond motifs is 3. The highest BCUT2D eigenvalue weighted by Crippen LogP contribution is 2.35. The third-order valence-corrected chi connectivity index (χ3v) is 8.21. The van der Waals surface area contributed by atoms with Gasteiger partial charge in [-0.05, 0) is 62.7 Å². The summed E-state index contributed by atoms with van der Waals surface area (Å²) < 4.78 is 17.7. The van der Waals surface area contributed by atoms with E-state index in [9.17, 15) is 15.0 Å². The predicted molar refractivity (Wildman–Crippen MR) is 144 cm³/mol. The van der Waals surface area contributed by atoms with E-state index in [1.54, 1.807) is 12.2 Å². The van der Waals surface area contributed by atoms with E-state index in [1.165, 1.54) is 18.9 Å². The second-order valence-corrected chi connectivity index (χ2v) is 11.9. The lowest BCUT2D eigenvalue weighted by molar-refractivity contribution is -0.148. The Morgan fingerprint density at radius 2 is 1.89 bits per heavy atom. The maximum absolute atomic E-state index is 12.7. The van der Waals surface area contributed by atoms with Gasteiger partial charge in [-0.1, -0.05) is 69.2 Å². The molecule has 0 radical (unpaired) electrons. The van der Waals surface area contributed by atoms with E-state index < -0.39 is 24.3 Å². The van der Waals surface area contributed by atoms with E-state index in [0.717, 1.165) is 37.7 Å². The molecular weight excluding hydrogens is 468 g/mol.